The van der Waals surface area contributed by atoms with Gasteiger partial charge < -0.3 is 24.0 Å². The number of benzene rings is 2. The minimum atomic E-state index is -0.225. The van der Waals surface area contributed by atoms with Gasteiger partial charge in [-0.2, -0.15) is 0 Å². The number of methoxy groups -OCH3 is 1. The number of hydrogen-bond donors (Lipinski definition) is 2. The van der Waals surface area contributed by atoms with Crippen LogP contribution in [0.25, 0.3) is 0 Å². The number of aromatic nitrogens is 2. The van der Waals surface area contributed by atoms with Gasteiger partial charge in [0.1, 0.15) is 29.1 Å². The van der Waals surface area contributed by atoms with Gasteiger partial charge in [0.05, 0.1) is 12.7 Å². The highest BCUT2D eigenvalue weighted by molar-refractivity contribution is 5.57. The quantitative estimate of drug-likeness (QED) is 0.513. The van der Waals surface area contributed by atoms with Crippen LogP contribution in [0, 0.1) is 5.41 Å². The molecule has 0 bridgehead atoms. The molecule has 0 unspecified atom stereocenters. The number of hydrogen-bond acceptors (Lipinski definition) is 6. The molecule has 0 fully saturated rings. The summed E-state index contributed by atoms with van der Waals surface area (Å²) in [6.07, 6.45) is 2.58. The molecule has 0 radical (unpaired) electrons. The highest BCUT2D eigenvalue weighted by atomic mass is 16.5. The van der Waals surface area contributed by atoms with Crippen molar-refractivity contribution in [3.63, 3.8) is 0 Å². The van der Waals surface area contributed by atoms with Crippen LogP contribution in [0.1, 0.15) is 29.0 Å². The van der Waals surface area contributed by atoms with Crippen molar-refractivity contribution >= 4 is 0 Å². The van der Waals surface area contributed by atoms with E-state index in [1.165, 1.54) is 0 Å². The molecule has 2 heterocycles. The van der Waals surface area contributed by atoms with Gasteiger partial charge in [0.25, 0.3) is 0 Å². The van der Waals surface area contributed by atoms with Gasteiger partial charge in [0.2, 0.25) is 5.88 Å². The summed E-state index contributed by atoms with van der Waals surface area (Å²) in [4.78, 5) is 6.64. The van der Waals surface area contributed by atoms with E-state index in [-0.39, 0.29) is 11.7 Å². The Hall–Kier alpha value is -3.32. The number of ether oxygens (including phenoxy) is 2. The zero-order valence-corrected chi connectivity index (χ0v) is 17.4. The van der Waals surface area contributed by atoms with Crippen LogP contribution in [-0.4, -0.2) is 47.3 Å². The first kappa shape index (κ1) is 20.0. The van der Waals surface area contributed by atoms with E-state index in [2.05, 4.69) is 9.88 Å². The van der Waals surface area contributed by atoms with Crippen LogP contribution in [-0.2, 0) is 6.54 Å². The molecule has 0 spiro atoms. The lowest BCUT2D eigenvalue weighted by Gasteiger charge is -2.28. The lowest BCUT2D eigenvalue weighted by Crippen LogP contribution is -2.30. The summed E-state index contributed by atoms with van der Waals surface area (Å²) in [5, 5.41) is 18.8. The summed E-state index contributed by atoms with van der Waals surface area (Å²) in [5.41, 5.74) is 3.02. The molecule has 0 saturated carbocycles. The molecule has 2 N–H and O–H groups in total. The monoisotopic (exact) mass is 406 g/mol. The molecule has 7 nitrogen and oxygen atoms in total. The van der Waals surface area contributed by atoms with Crippen LogP contribution in [0.4, 0.5) is 0 Å². The van der Waals surface area contributed by atoms with Crippen molar-refractivity contribution in [1.29, 1.82) is 5.41 Å². The highest BCUT2D eigenvalue weighted by Gasteiger charge is 2.32. The molecular weight excluding hydrogens is 380 g/mol. The van der Waals surface area contributed by atoms with Crippen LogP contribution >= 0.6 is 0 Å². The molecule has 0 saturated heterocycles. The Bertz CT molecular complexity index is 1110. The molecule has 1 aliphatic rings. The summed E-state index contributed by atoms with van der Waals surface area (Å²) >= 11 is 0. The summed E-state index contributed by atoms with van der Waals surface area (Å²) in [6, 6.07) is 12.9. The number of nitrogens with one attached hydrogen (secondary N) is 1. The van der Waals surface area contributed by atoms with Crippen molar-refractivity contribution in [2.75, 3.05) is 27.7 Å². The van der Waals surface area contributed by atoms with Gasteiger partial charge in [-0.25, -0.2) is 4.98 Å². The van der Waals surface area contributed by atoms with Crippen LogP contribution in [0.15, 0.2) is 48.8 Å². The number of rotatable bonds is 6. The Morgan fingerprint density at radius 2 is 1.97 bits per heavy atom. The second-order valence-corrected chi connectivity index (χ2v) is 7.69. The fourth-order valence-electron chi connectivity index (χ4n) is 3.83. The second kappa shape index (κ2) is 8.20. The molecule has 4 rings (SSSR count). The first-order chi connectivity index (χ1) is 14.5. The first-order valence-electron chi connectivity index (χ1n) is 9.91. The zero-order chi connectivity index (χ0) is 21.3. The summed E-state index contributed by atoms with van der Waals surface area (Å²) in [6.45, 7) is 1.64. The number of nitrogens with zero attached hydrogens (tertiary/aromatic N) is 3. The molecule has 1 aliphatic heterocycles. The predicted molar refractivity (Wildman–Crippen MR) is 113 cm³/mol. The van der Waals surface area contributed by atoms with Gasteiger partial charge in [0, 0.05) is 24.1 Å². The molecule has 3 aromatic rings. The lowest BCUT2D eigenvalue weighted by atomic mass is 9.84. The molecule has 1 atom stereocenters. The standard InChI is InChI=1S/C23H26N4O3/c1-26(2)11-4-12-27-14-25-23-21(22(27)24)20(15-5-8-17(29-3)9-6-15)18-10-7-16(28)13-19(18)30-23/h5-10,13-14,20,24,28H,4,11-12H2,1-3H3/t20-/m1/s1. The average molecular weight is 406 g/mol. The Morgan fingerprint density at radius 1 is 1.20 bits per heavy atom. The number of aryl methyl sites for hydroxylation is 1. The minimum absolute atomic E-state index is 0.131. The van der Waals surface area contributed by atoms with Crippen molar-refractivity contribution in [2.45, 2.75) is 18.9 Å². The zero-order valence-electron chi connectivity index (χ0n) is 17.4. The van der Waals surface area contributed by atoms with Crippen molar-refractivity contribution in [2.24, 2.45) is 0 Å². The lowest BCUT2D eigenvalue weighted by molar-refractivity contribution is 0.378. The van der Waals surface area contributed by atoms with E-state index in [4.69, 9.17) is 14.9 Å². The van der Waals surface area contributed by atoms with Crippen molar-refractivity contribution in [1.82, 2.24) is 14.5 Å². The normalized spacial score (nSPS) is 14.7. The topological polar surface area (TPSA) is 83.6 Å². The Balaban J connectivity index is 1.82. The van der Waals surface area contributed by atoms with Gasteiger partial charge in [0.15, 0.2) is 0 Å². The summed E-state index contributed by atoms with van der Waals surface area (Å²) < 4.78 is 13.2. The van der Waals surface area contributed by atoms with Gasteiger partial charge in [-0.3, -0.25) is 5.41 Å². The number of aromatic hydroxyl groups is 1. The smallest absolute Gasteiger partial charge is 0.228 e. The van der Waals surface area contributed by atoms with E-state index >= 15 is 0 Å². The van der Waals surface area contributed by atoms with E-state index in [0.717, 1.165) is 35.4 Å². The molecule has 0 aliphatic carbocycles. The van der Waals surface area contributed by atoms with Crippen molar-refractivity contribution < 1.29 is 14.6 Å². The highest BCUT2D eigenvalue weighted by Crippen LogP contribution is 2.46. The molecular formula is C23H26N4O3. The third kappa shape index (κ3) is 3.76. The van der Waals surface area contributed by atoms with E-state index < -0.39 is 0 Å². The molecule has 7 heteroatoms. The summed E-state index contributed by atoms with van der Waals surface area (Å²) in [5.74, 6) is 1.64. The molecule has 0 amide bonds. The van der Waals surface area contributed by atoms with E-state index in [1.807, 2.05) is 49.0 Å². The fraction of sp³-hybridized carbons (Fsp3) is 0.304. The van der Waals surface area contributed by atoms with Crippen LogP contribution in [0.3, 0.4) is 0 Å². The number of fused-ring (bicyclic) bond motifs is 2. The van der Waals surface area contributed by atoms with Gasteiger partial charge in [-0.05, 0) is 50.8 Å². The molecule has 30 heavy (non-hydrogen) atoms. The maximum absolute atomic E-state index is 9.94. The van der Waals surface area contributed by atoms with Crippen molar-refractivity contribution in [3.8, 4) is 23.1 Å². The van der Waals surface area contributed by atoms with Gasteiger partial charge in [-0.1, -0.05) is 18.2 Å². The maximum Gasteiger partial charge on any atom is 0.228 e. The SMILES string of the molecule is COc1ccc([C@@H]2c3ccc(O)cc3Oc3ncn(CCCN(C)C)c(=N)c32)cc1. The largest absolute Gasteiger partial charge is 0.508 e. The number of phenols is 1. The fourth-order valence-corrected chi connectivity index (χ4v) is 3.83. The Kier molecular flexibility index (Phi) is 5.46. The molecule has 2 aromatic carbocycles. The molecule has 156 valence electrons. The van der Waals surface area contributed by atoms with Crippen LogP contribution in [0.2, 0.25) is 0 Å². The minimum Gasteiger partial charge on any atom is -0.508 e. The van der Waals surface area contributed by atoms with Gasteiger partial charge >= 0.3 is 0 Å². The predicted octanol–water partition coefficient (Wildman–Crippen LogP) is 3.31. The van der Waals surface area contributed by atoms with E-state index in [1.54, 1.807) is 25.6 Å². The van der Waals surface area contributed by atoms with E-state index in [9.17, 15) is 5.11 Å². The Labute approximate surface area is 175 Å². The first-order valence-corrected chi connectivity index (χ1v) is 9.91. The molecule has 1 aromatic heterocycles. The summed E-state index contributed by atoms with van der Waals surface area (Å²) in [7, 11) is 5.72. The average Bonchev–Trinajstić information content (AvgIpc) is 2.73. The van der Waals surface area contributed by atoms with Gasteiger partial charge in [-0.15, -0.1) is 0 Å². The number of phenolic OH excluding ortho intramolecular Hbond substituents is 1. The third-order valence-electron chi connectivity index (χ3n) is 5.34. The Morgan fingerprint density at radius 3 is 2.67 bits per heavy atom. The van der Waals surface area contributed by atoms with Crippen molar-refractivity contribution in [3.05, 3.63) is 71.0 Å². The van der Waals surface area contributed by atoms with E-state index in [0.29, 0.717) is 23.7 Å². The third-order valence-corrected chi connectivity index (χ3v) is 5.34. The van der Waals surface area contributed by atoms with Crippen LogP contribution < -0.4 is 15.0 Å². The second-order valence-electron chi connectivity index (χ2n) is 7.69. The maximum atomic E-state index is 9.94. The van der Waals surface area contributed by atoms with Crippen LogP contribution in [0.5, 0.6) is 23.1 Å².